The highest BCUT2D eigenvalue weighted by Crippen LogP contribution is 2.32. The number of halogens is 2. The van der Waals surface area contributed by atoms with E-state index in [1.807, 2.05) is 6.92 Å². The first-order valence-corrected chi connectivity index (χ1v) is 6.76. The van der Waals surface area contributed by atoms with E-state index in [4.69, 9.17) is 5.73 Å². The Bertz CT molecular complexity index is 491. The highest BCUT2D eigenvalue weighted by atomic mass is 35.5. The van der Waals surface area contributed by atoms with Crippen molar-refractivity contribution in [3.63, 3.8) is 0 Å². The first kappa shape index (κ1) is 16.9. The third kappa shape index (κ3) is 3.49. The van der Waals surface area contributed by atoms with E-state index in [-0.39, 0.29) is 30.0 Å². The molecule has 1 fully saturated rings. The largest absolute Gasteiger partial charge is 0.325 e. The molecule has 1 saturated carbocycles. The second-order valence-electron chi connectivity index (χ2n) is 5.71. The topological polar surface area (TPSA) is 55.1 Å². The lowest BCUT2D eigenvalue weighted by Crippen LogP contribution is -2.51. The fraction of sp³-hybridized carbons (Fsp3) is 0.533. The molecule has 5 heteroatoms. The first-order valence-electron chi connectivity index (χ1n) is 6.76. The highest BCUT2D eigenvalue weighted by molar-refractivity contribution is 5.94. The van der Waals surface area contributed by atoms with Crippen LogP contribution in [0.2, 0.25) is 0 Å². The molecule has 2 rings (SSSR count). The van der Waals surface area contributed by atoms with E-state index < -0.39 is 5.54 Å². The smallest absolute Gasteiger partial charge is 0.229 e. The number of anilines is 1. The number of carbonyl (C=O) groups is 1. The number of nitrogens with one attached hydrogen (secondary N) is 1. The van der Waals surface area contributed by atoms with Gasteiger partial charge in [0.25, 0.3) is 0 Å². The summed E-state index contributed by atoms with van der Waals surface area (Å²) in [7, 11) is 0. The molecule has 0 spiro atoms. The summed E-state index contributed by atoms with van der Waals surface area (Å²) < 4.78 is 13.4. The van der Waals surface area contributed by atoms with Crippen molar-refractivity contribution in [2.45, 2.75) is 45.1 Å². The molecule has 1 aliphatic carbocycles. The molecule has 0 saturated heterocycles. The predicted octanol–water partition coefficient (Wildman–Crippen LogP) is 3.40. The quantitative estimate of drug-likeness (QED) is 0.879. The van der Waals surface area contributed by atoms with Crippen molar-refractivity contribution in [3.8, 4) is 0 Å². The van der Waals surface area contributed by atoms with Crippen LogP contribution in [-0.2, 0) is 4.79 Å². The zero-order valence-corrected chi connectivity index (χ0v) is 12.7. The lowest BCUT2D eigenvalue weighted by Gasteiger charge is -2.37. The number of amides is 1. The maximum absolute atomic E-state index is 13.4. The van der Waals surface area contributed by atoms with Crippen LogP contribution in [0.3, 0.4) is 0 Å². The molecule has 0 heterocycles. The molecule has 1 amide bonds. The van der Waals surface area contributed by atoms with Crippen molar-refractivity contribution < 1.29 is 9.18 Å². The number of nitrogens with two attached hydrogens (primary N) is 1. The number of rotatable bonds is 2. The number of carbonyl (C=O) groups excluding carboxylic acids is 1. The summed E-state index contributed by atoms with van der Waals surface area (Å²) in [6.45, 7) is 3.59. The van der Waals surface area contributed by atoms with Crippen LogP contribution in [0.5, 0.6) is 0 Å². The van der Waals surface area contributed by atoms with Crippen molar-refractivity contribution in [2.75, 3.05) is 5.32 Å². The van der Waals surface area contributed by atoms with E-state index in [2.05, 4.69) is 5.32 Å². The summed E-state index contributed by atoms with van der Waals surface area (Å²) in [6, 6.07) is 4.70. The van der Waals surface area contributed by atoms with Gasteiger partial charge in [-0.2, -0.15) is 0 Å². The van der Waals surface area contributed by atoms with Crippen molar-refractivity contribution >= 4 is 24.0 Å². The highest BCUT2D eigenvalue weighted by Gasteiger charge is 2.37. The van der Waals surface area contributed by atoms with Crippen LogP contribution in [0.15, 0.2) is 18.2 Å². The third-order valence-corrected chi connectivity index (χ3v) is 4.10. The van der Waals surface area contributed by atoms with E-state index in [9.17, 15) is 9.18 Å². The molecular formula is C15H22ClFN2O. The minimum Gasteiger partial charge on any atom is -0.325 e. The molecule has 3 N–H and O–H groups in total. The van der Waals surface area contributed by atoms with Gasteiger partial charge in [0.1, 0.15) is 5.82 Å². The zero-order chi connectivity index (χ0) is 14.0. The van der Waals surface area contributed by atoms with Crippen molar-refractivity contribution in [1.29, 1.82) is 0 Å². The lowest BCUT2D eigenvalue weighted by molar-refractivity contribution is -0.122. The van der Waals surface area contributed by atoms with E-state index in [1.54, 1.807) is 19.1 Å². The van der Waals surface area contributed by atoms with Crippen molar-refractivity contribution in [1.82, 2.24) is 0 Å². The molecule has 112 valence electrons. The normalized spacial score (nSPS) is 25.7. The SMILES string of the molecule is Cc1c(F)cccc1NC(=O)C1CCCCC1(C)N.Cl. The van der Waals surface area contributed by atoms with Gasteiger partial charge >= 0.3 is 0 Å². The summed E-state index contributed by atoms with van der Waals surface area (Å²) in [5, 5.41) is 2.82. The minimum atomic E-state index is -0.469. The fourth-order valence-corrected chi connectivity index (χ4v) is 2.75. The van der Waals surface area contributed by atoms with E-state index in [1.165, 1.54) is 6.07 Å². The molecule has 2 unspecified atom stereocenters. The van der Waals surface area contributed by atoms with Gasteiger partial charge in [-0.05, 0) is 38.8 Å². The van der Waals surface area contributed by atoms with Gasteiger partial charge in [-0.1, -0.05) is 18.9 Å². The monoisotopic (exact) mass is 300 g/mol. The number of benzene rings is 1. The Kier molecular flexibility index (Phi) is 5.54. The van der Waals surface area contributed by atoms with Gasteiger partial charge in [0.05, 0.1) is 5.92 Å². The first-order chi connectivity index (χ1) is 8.92. The lowest BCUT2D eigenvalue weighted by atomic mass is 9.74. The number of hydrogen-bond donors (Lipinski definition) is 2. The van der Waals surface area contributed by atoms with Crippen molar-refractivity contribution in [3.05, 3.63) is 29.6 Å². The molecular weight excluding hydrogens is 279 g/mol. The standard InChI is InChI=1S/C15H21FN2O.ClH/c1-10-12(16)7-5-8-13(10)18-14(19)11-6-3-4-9-15(11,2)17;/h5,7-8,11H,3-4,6,9,17H2,1-2H3,(H,18,19);1H. The zero-order valence-electron chi connectivity index (χ0n) is 11.9. The van der Waals surface area contributed by atoms with Crippen LogP contribution in [0, 0.1) is 18.7 Å². The average molecular weight is 301 g/mol. The van der Waals surface area contributed by atoms with Crippen molar-refractivity contribution in [2.24, 2.45) is 11.7 Å². The Balaban J connectivity index is 0.00000200. The van der Waals surface area contributed by atoms with E-state index in [0.29, 0.717) is 11.3 Å². The molecule has 1 aromatic rings. The number of hydrogen-bond acceptors (Lipinski definition) is 2. The van der Waals surface area contributed by atoms with Gasteiger partial charge in [0, 0.05) is 16.8 Å². The molecule has 0 aromatic heterocycles. The van der Waals surface area contributed by atoms with Gasteiger partial charge in [0.2, 0.25) is 5.91 Å². The summed E-state index contributed by atoms with van der Waals surface area (Å²) >= 11 is 0. The van der Waals surface area contributed by atoms with Gasteiger partial charge in [-0.15, -0.1) is 12.4 Å². The minimum absolute atomic E-state index is 0. The van der Waals surface area contributed by atoms with Crippen LogP contribution in [0.25, 0.3) is 0 Å². The molecule has 0 radical (unpaired) electrons. The van der Waals surface area contributed by atoms with Crippen LogP contribution < -0.4 is 11.1 Å². The van der Waals surface area contributed by atoms with Crippen LogP contribution >= 0.6 is 12.4 Å². The predicted molar refractivity (Wildman–Crippen MR) is 81.6 cm³/mol. The Morgan fingerprint density at radius 2 is 2.15 bits per heavy atom. The average Bonchev–Trinajstić information content (AvgIpc) is 2.34. The Labute approximate surface area is 125 Å². The van der Waals surface area contributed by atoms with Crippen LogP contribution in [0.4, 0.5) is 10.1 Å². The molecule has 20 heavy (non-hydrogen) atoms. The van der Waals surface area contributed by atoms with Gasteiger partial charge in [-0.3, -0.25) is 4.79 Å². The maximum Gasteiger partial charge on any atom is 0.229 e. The summed E-state index contributed by atoms with van der Waals surface area (Å²) in [5.41, 5.74) is 6.74. The summed E-state index contributed by atoms with van der Waals surface area (Å²) in [6.07, 6.45) is 3.74. The Hall–Kier alpha value is -1.13. The van der Waals surface area contributed by atoms with Gasteiger partial charge < -0.3 is 11.1 Å². The van der Waals surface area contributed by atoms with E-state index >= 15 is 0 Å². The third-order valence-electron chi connectivity index (χ3n) is 4.10. The molecule has 1 aromatic carbocycles. The second kappa shape index (κ2) is 6.55. The summed E-state index contributed by atoms with van der Waals surface area (Å²) in [5.74, 6) is -0.612. The van der Waals surface area contributed by atoms with Crippen LogP contribution in [0.1, 0.15) is 38.2 Å². The van der Waals surface area contributed by atoms with E-state index in [0.717, 1.165) is 25.7 Å². The van der Waals surface area contributed by atoms with Crippen LogP contribution in [-0.4, -0.2) is 11.4 Å². The molecule has 3 nitrogen and oxygen atoms in total. The second-order valence-corrected chi connectivity index (χ2v) is 5.71. The molecule has 2 atom stereocenters. The fourth-order valence-electron chi connectivity index (χ4n) is 2.75. The maximum atomic E-state index is 13.4. The Morgan fingerprint density at radius 1 is 1.45 bits per heavy atom. The Morgan fingerprint density at radius 3 is 2.80 bits per heavy atom. The molecule has 0 aliphatic heterocycles. The van der Waals surface area contributed by atoms with Gasteiger partial charge in [0.15, 0.2) is 0 Å². The summed E-state index contributed by atoms with van der Waals surface area (Å²) in [4.78, 5) is 12.3. The molecule has 1 aliphatic rings. The van der Waals surface area contributed by atoms with Gasteiger partial charge in [-0.25, -0.2) is 4.39 Å². The molecule has 0 bridgehead atoms.